The second-order valence-corrected chi connectivity index (χ2v) is 3.29. The van der Waals surface area contributed by atoms with Crippen molar-refractivity contribution in [2.45, 2.75) is 25.8 Å². The number of hydrogen-bond acceptors (Lipinski definition) is 4. The number of aromatic nitrogens is 2. The van der Waals surface area contributed by atoms with Crippen molar-refractivity contribution in [3.63, 3.8) is 0 Å². The molecule has 4 heteroatoms. The van der Waals surface area contributed by atoms with Crippen LogP contribution in [0.4, 0.5) is 0 Å². The van der Waals surface area contributed by atoms with Crippen LogP contribution in [0.25, 0.3) is 0 Å². The van der Waals surface area contributed by atoms with Crippen LogP contribution < -0.4 is 5.32 Å². The number of nitrogens with zero attached hydrogens (tertiary/aromatic N) is 2. The zero-order chi connectivity index (χ0) is 9.52. The van der Waals surface area contributed by atoms with Crippen LogP contribution >= 0.6 is 11.5 Å². The van der Waals surface area contributed by atoms with Gasteiger partial charge in [-0.05, 0) is 24.5 Å². The Balaban J connectivity index is 2.53. The maximum atomic E-state index is 5.22. The molecule has 1 atom stereocenters. The van der Waals surface area contributed by atoms with E-state index in [0.29, 0.717) is 0 Å². The number of terminal acetylenes is 1. The molecule has 0 bridgehead atoms. The fourth-order valence-corrected chi connectivity index (χ4v) is 1.66. The average molecular weight is 195 g/mol. The first-order chi connectivity index (χ1) is 6.38. The van der Waals surface area contributed by atoms with Crippen molar-refractivity contribution in [2.24, 2.45) is 0 Å². The Labute approximate surface area is 82.7 Å². The number of rotatable bonds is 5. The van der Waals surface area contributed by atoms with E-state index in [1.807, 2.05) is 5.38 Å². The minimum Gasteiger partial charge on any atom is -0.309 e. The van der Waals surface area contributed by atoms with E-state index in [4.69, 9.17) is 6.42 Å². The second-order valence-electron chi connectivity index (χ2n) is 2.68. The van der Waals surface area contributed by atoms with Crippen LogP contribution in [-0.2, 0) is 0 Å². The highest BCUT2D eigenvalue weighted by atomic mass is 32.1. The summed E-state index contributed by atoms with van der Waals surface area (Å²) in [7, 11) is 0. The highest BCUT2D eigenvalue weighted by molar-refractivity contribution is 7.03. The van der Waals surface area contributed by atoms with Gasteiger partial charge < -0.3 is 5.32 Å². The Hall–Kier alpha value is -0.920. The molecule has 0 radical (unpaired) electrons. The summed E-state index contributed by atoms with van der Waals surface area (Å²) in [5, 5.41) is 9.32. The zero-order valence-electron chi connectivity index (χ0n) is 7.66. The molecule has 1 aromatic rings. The predicted molar refractivity (Wildman–Crippen MR) is 54.4 cm³/mol. The molecule has 0 aromatic carbocycles. The van der Waals surface area contributed by atoms with E-state index < -0.39 is 0 Å². The topological polar surface area (TPSA) is 37.8 Å². The van der Waals surface area contributed by atoms with Gasteiger partial charge in [0.2, 0.25) is 0 Å². The lowest BCUT2D eigenvalue weighted by atomic mass is 10.1. The van der Waals surface area contributed by atoms with E-state index in [0.717, 1.165) is 25.1 Å². The van der Waals surface area contributed by atoms with Gasteiger partial charge in [0.1, 0.15) is 0 Å². The molecule has 70 valence electrons. The van der Waals surface area contributed by atoms with Gasteiger partial charge in [0.05, 0.1) is 11.7 Å². The Morgan fingerprint density at radius 2 is 2.62 bits per heavy atom. The summed E-state index contributed by atoms with van der Waals surface area (Å²) in [6, 6.07) is 0.264. The molecule has 0 saturated carbocycles. The molecule has 1 heterocycles. The van der Waals surface area contributed by atoms with Crippen LogP contribution in [-0.4, -0.2) is 16.1 Å². The van der Waals surface area contributed by atoms with Crippen LogP contribution in [0.5, 0.6) is 0 Å². The van der Waals surface area contributed by atoms with Gasteiger partial charge in [-0.25, -0.2) is 0 Å². The summed E-state index contributed by atoms with van der Waals surface area (Å²) in [5.41, 5.74) is 1.00. The van der Waals surface area contributed by atoms with Crippen molar-refractivity contribution in [3.05, 3.63) is 11.1 Å². The van der Waals surface area contributed by atoms with Gasteiger partial charge in [-0.15, -0.1) is 17.4 Å². The maximum Gasteiger partial charge on any atom is 0.0925 e. The molecular formula is C9H13N3S. The largest absolute Gasteiger partial charge is 0.309 e. The van der Waals surface area contributed by atoms with Gasteiger partial charge in [0, 0.05) is 11.8 Å². The van der Waals surface area contributed by atoms with Crippen molar-refractivity contribution < 1.29 is 0 Å². The highest BCUT2D eigenvalue weighted by Gasteiger charge is 2.11. The molecule has 1 rings (SSSR count). The van der Waals surface area contributed by atoms with Crippen molar-refractivity contribution >= 4 is 11.5 Å². The lowest BCUT2D eigenvalue weighted by Gasteiger charge is -2.12. The predicted octanol–water partition coefficient (Wildman–Crippen LogP) is 1.60. The monoisotopic (exact) mass is 195 g/mol. The fourth-order valence-electron chi connectivity index (χ4n) is 1.15. The summed E-state index contributed by atoms with van der Waals surface area (Å²) in [6.45, 7) is 3.00. The van der Waals surface area contributed by atoms with Gasteiger partial charge in [-0.3, -0.25) is 0 Å². The number of hydrogen-bond donors (Lipinski definition) is 1. The van der Waals surface area contributed by atoms with E-state index in [-0.39, 0.29) is 6.04 Å². The maximum absolute atomic E-state index is 5.22. The SMILES string of the molecule is C#CCCC(NCC)c1csnn1. The minimum absolute atomic E-state index is 0.264. The van der Waals surface area contributed by atoms with Crippen molar-refractivity contribution in [2.75, 3.05) is 6.54 Å². The average Bonchev–Trinajstić information content (AvgIpc) is 2.65. The molecule has 13 heavy (non-hydrogen) atoms. The van der Waals surface area contributed by atoms with Gasteiger partial charge >= 0.3 is 0 Å². The summed E-state index contributed by atoms with van der Waals surface area (Å²) in [6.07, 6.45) is 6.91. The molecule has 0 amide bonds. The summed E-state index contributed by atoms with van der Waals surface area (Å²) < 4.78 is 3.83. The Morgan fingerprint density at radius 1 is 1.77 bits per heavy atom. The molecule has 0 aliphatic rings. The standard InChI is InChI=1S/C9H13N3S/c1-3-5-6-8(10-4-2)9-7-13-12-11-9/h1,7-8,10H,4-6H2,2H3. The quantitative estimate of drug-likeness (QED) is 0.725. The van der Waals surface area contributed by atoms with Crippen molar-refractivity contribution in [3.8, 4) is 12.3 Å². The molecule has 0 aliphatic heterocycles. The van der Waals surface area contributed by atoms with E-state index in [1.54, 1.807) is 0 Å². The van der Waals surface area contributed by atoms with Gasteiger partial charge in [-0.2, -0.15) is 0 Å². The first-order valence-electron chi connectivity index (χ1n) is 4.32. The third kappa shape index (κ3) is 3.13. The third-order valence-corrected chi connectivity index (χ3v) is 2.28. The minimum atomic E-state index is 0.264. The van der Waals surface area contributed by atoms with Crippen LogP contribution in [0.2, 0.25) is 0 Å². The zero-order valence-corrected chi connectivity index (χ0v) is 8.47. The second kappa shape index (κ2) is 5.68. The summed E-state index contributed by atoms with van der Waals surface area (Å²) >= 11 is 1.37. The number of nitrogens with one attached hydrogen (secondary N) is 1. The van der Waals surface area contributed by atoms with E-state index in [2.05, 4.69) is 27.7 Å². The highest BCUT2D eigenvalue weighted by Crippen LogP contribution is 2.16. The molecule has 0 fully saturated rings. The van der Waals surface area contributed by atoms with Crippen molar-refractivity contribution in [1.82, 2.24) is 14.9 Å². The normalized spacial score (nSPS) is 12.3. The summed E-state index contributed by atoms with van der Waals surface area (Å²) in [4.78, 5) is 0. The molecular weight excluding hydrogens is 182 g/mol. The van der Waals surface area contributed by atoms with Gasteiger partial charge in [0.25, 0.3) is 0 Å². The third-order valence-electron chi connectivity index (χ3n) is 1.76. The van der Waals surface area contributed by atoms with Crippen LogP contribution in [0.15, 0.2) is 5.38 Å². The molecule has 1 aromatic heterocycles. The molecule has 0 saturated heterocycles. The van der Waals surface area contributed by atoms with Crippen LogP contribution in [0, 0.1) is 12.3 Å². The molecule has 1 N–H and O–H groups in total. The molecule has 0 aliphatic carbocycles. The lowest BCUT2D eigenvalue weighted by molar-refractivity contribution is 0.510. The first-order valence-corrected chi connectivity index (χ1v) is 5.16. The fraction of sp³-hybridized carbons (Fsp3) is 0.556. The molecule has 3 nitrogen and oxygen atoms in total. The van der Waals surface area contributed by atoms with Crippen LogP contribution in [0.3, 0.4) is 0 Å². The van der Waals surface area contributed by atoms with Crippen LogP contribution in [0.1, 0.15) is 31.5 Å². The molecule has 1 unspecified atom stereocenters. The van der Waals surface area contributed by atoms with E-state index >= 15 is 0 Å². The Bertz CT molecular complexity index is 263. The van der Waals surface area contributed by atoms with Gasteiger partial charge in [-0.1, -0.05) is 11.4 Å². The van der Waals surface area contributed by atoms with Crippen molar-refractivity contribution in [1.29, 1.82) is 0 Å². The van der Waals surface area contributed by atoms with Gasteiger partial charge in [0.15, 0.2) is 0 Å². The van der Waals surface area contributed by atoms with E-state index in [1.165, 1.54) is 11.5 Å². The Kier molecular flexibility index (Phi) is 4.44. The lowest BCUT2D eigenvalue weighted by Crippen LogP contribution is -2.21. The first kappa shape index (κ1) is 10.2. The molecule has 0 spiro atoms. The smallest absolute Gasteiger partial charge is 0.0925 e. The van der Waals surface area contributed by atoms with E-state index in [9.17, 15) is 0 Å². The Morgan fingerprint density at radius 3 is 3.15 bits per heavy atom. The summed E-state index contributed by atoms with van der Waals surface area (Å²) in [5.74, 6) is 2.63.